The van der Waals surface area contributed by atoms with E-state index in [0.717, 1.165) is 5.56 Å². The largest absolute Gasteiger partial charge is 0.477 e. The first-order valence-electron chi connectivity index (χ1n) is 7.51. The van der Waals surface area contributed by atoms with E-state index in [2.05, 4.69) is 4.98 Å². The molecule has 0 unspecified atom stereocenters. The number of nitrogens with zero attached hydrogens (tertiary/aromatic N) is 2. The van der Waals surface area contributed by atoms with Crippen molar-refractivity contribution in [2.24, 2.45) is 0 Å². The minimum atomic E-state index is -1.25. The third-order valence-electron chi connectivity index (χ3n) is 3.71. The van der Waals surface area contributed by atoms with Crippen LogP contribution in [0.25, 0.3) is 11.0 Å². The Morgan fingerprint density at radius 3 is 2.54 bits per heavy atom. The van der Waals surface area contributed by atoms with Crippen molar-refractivity contribution in [3.05, 3.63) is 63.9 Å². The molecule has 122 valence electrons. The first-order valence-corrected chi connectivity index (χ1v) is 7.51. The number of carboxylic acid groups (broad SMARTS) is 1. The van der Waals surface area contributed by atoms with Gasteiger partial charge in [-0.15, -0.1) is 0 Å². The lowest BCUT2D eigenvalue weighted by Gasteiger charge is -2.11. The molecule has 0 saturated carbocycles. The number of benzene rings is 1. The Morgan fingerprint density at radius 1 is 1.21 bits per heavy atom. The molecule has 0 radical (unpaired) electrons. The number of aromatic nitrogens is 2. The van der Waals surface area contributed by atoms with Gasteiger partial charge in [0, 0.05) is 18.8 Å². The molecule has 0 saturated heterocycles. The Hall–Kier alpha value is -3.15. The second-order valence-corrected chi connectivity index (χ2v) is 5.40. The average molecular weight is 324 g/mol. The maximum Gasteiger partial charge on any atom is 0.341 e. The molecule has 3 rings (SSSR count). The number of rotatable bonds is 4. The van der Waals surface area contributed by atoms with Gasteiger partial charge in [0.05, 0.1) is 5.39 Å². The Balaban J connectivity index is 2.10. The summed E-state index contributed by atoms with van der Waals surface area (Å²) in [5, 5.41) is 9.42. The zero-order valence-corrected chi connectivity index (χ0v) is 13.3. The Bertz CT molecular complexity index is 975. The van der Waals surface area contributed by atoms with Crippen LogP contribution >= 0.6 is 0 Å². The van der Waals surface area contributed by atoms with Crippen molar-refractivity contribution in [3.63, 3.8) is 0 Å². The van der Waals surface area contributed by atoms with Crippen LogP contribution in [0.4, 0.5) is 0 Å². The normalized spacial score (nSPS) is 10.8. The van der Waals surface area contributed by atoms with Crippen molar-refractivity contribution in [3.8, 4) is 11.6 Å². The minimum absolute atomic E-state index is 0.257. The summed E-state index contributed by atoms with van der Waals surface area (Å²) in [6, 6.07) is 10.6. The van der Waals surface area contributed by atoms with E-state index in [4.69, 9.17) is 9.84 Å². The average Bonchev–Trinajstić information content (AvgIpc) is 2.57. The second-order valence-electron chi connectivity index (χ2n) is 5.40. The molecular weight excluding hydrogens is 308 g/mol. The smallest absolute Gasteiger partial charge is 0.341 e. The third kappa shape index (κ3) is 2.86. The molecule has 0 atom stereocenters. The van der Waals surface area contributed by atoms with E-state index in [1.807, 2.05) is 38.1 Å². The van der Waals surface area contributed by atoms with E-state index in [1.165, 1.54) is 6.20 Å². The van der Waals surface area contributed by atoms with Crippen LogP contribution in [0.3, 0.4) is 0 Å². The highest BCUT2D eigenvalue weighted by Crippen LogP contribution is 2.22. The molecule has 0 aliphatic carbocycles. The maximum atomic E-state index is 12.3. The lowest BCUT2D eigenvalue weighted by atomic mass is 10.2. The SMILES string of the molecule is CCn1cc(C(=O)O)c(=O)c2ccc(Oc3ccc(C)cc3)nc21. The van der Waals surface area contributed by atoms with Gasteiger partial charge in [0.15, 0.2) is 0 Å². The lowest BCUT2D eigenvalue weighted by molar-refractivity contribution is 0.0695. The molecule has 6 nitrogen and oxygen atoms in total. The summed E-state index contributed by atoms with van der Waals surface area (Å²) >= 11 is 0. The van der Waals surface area contributed by atoms with Crippen LogP contribution in [0.5, 0.6) is 11.6 Å². The summed E-state index contributed by atoms with van der Waals surface area (Å²) in [7, 11) is 0. The van der Waals surface area contributed by atoms with Crippen molar-refractivity contribution in [1.29, 1.82) is 0 Å². The van der Waals surface area contributed by atoms with E-state index >= 15 is 0 Å². The van der Waals surface area contributed by atoms with Gasteiger partial charge in [-0.2, -0.15) is 4.98 Å². The van der Waals surface area contributed by atoms with Gasteiger partial charge < -0.3 is 14.4 Å². The number of hydrogen-bond acceptors (Lipinski definition) is 4. The van der Waals surface area contributed by atoms with E-state index in [1.54, 1.807) is 16.7 Å². The van der Waals surface area contributed by atoms with Gasteiger partial charge in [0.2, 0.25) is 11.3 Å². The molecule has 0 bridgehead atoms. The first-order chi connectivity index (χ1) is 11.5. The number of hydrogen-bond donors (Lipinski definition) is 1. The van der Waals surface area contributed by atoms with E-state index in [0.29, 0.717) is 23.8 Å². The van der Waals surface area contributed by atoms with E-state index in [-0.39, 0.29) is 10.9 Å². The highest BCUT2D eigenvalue weighted by molar-refractivity contribution is 5.91. The molecule has 0 spiro atoms. The van der Waals surface area contributed by atoms with Crippen molar-refractivity contribution in [1.82, 2.24) is 9.55 Å². The van der Waals surface area contributed by atoms with Gasteiger partial charge in [-0.25, -0.2) is 4.79 Å². The van der Waals surface area contributed by atoms with Crippen LogP contribution in [0.15, 0.2) is 47.4 Å². The Morgan fingerprint density at radius 2 is 1.92 bits per heavy atom. The van der Waals surface area contributed by atoms with Crippen LogP contribution in [-0.4, -0.2) is 20.6 Å². The predicted molar refractivity (Wildman–Crippen MR) is 89.9 cm³/mol. The van der Waals surface area contributed by atoms with Crippen molar-refractivity contribution < 1.29 is 14.6 Å². The van der Waals surface area contributed by atoms with Gasteiger partial charge in [0.1, 0.15) is 17.0 Å². The topological polar surface area (TPSA) is 81.4 Å². The van der Waals surface area contributed by atoms with Crippen molar-refractivity contribution >= 4 is 17.0 Å². The monoisotopic (exact) mass is 324 g/mol. The van der Waals surface area contributed by atoms with Gasteiger partial charge in [0.25, 0.3) is 0 Å². The summed E-state index contributed by atoms with van der Waals surface area (Å²) in [5.74, 6) is -0.264. The van der Waals surface area contributed by atoms with Crippen LogP contribution < -0.4 is 10.2 Å². The van der Waals surface area contributed by atoms with Gasteiger partial charge >= 0.3 is 5.97 Å². The number of aryl methyl sites for hydroxylation is 2. The van der Waals surface area contributed by atoms with Gasteiger partial charge in [-0.1, -0.05) is 17.7 Å². The molecule has 6 heteroatoms. The number of carbonyl (C=O) groups is 1. The zero-order chi connectivity index (χ0) is 17.3. The fourth-order valence-corrected chi connectivity index (χ4v) is 2.43. The van der Waals surface area contributed by atoms with Crippen LogP contribution in [0.1, 0.15) is 22.8 Å². The summed E-state index contributed by atoms with van der Waals surface area (Å²) in [6.45, 7) is 4.32. The van der Waals surface area contributed by atoms with Crippen LogP contribution in [0, 0.1) is 6.92 Å². The number of ether oxygens (including phenoxy) is 1. The quantitative estimate of drug-likeness (QED) is 0.797. The molecule has 0 amide bonds. The van der Waals surface area contributed by atoms with E-state index < -0.39 is 11.4 Å². The zero-order valence-electron chi connectivity index (χ0n) is 13.3. The summed E-state index contributed by atoms with van der Waals surface area (Å²) in [4.78, 5) is 27.9. The van der Waals surface area contributed by atoms with Crippen molar-refractivity contribution in [2.45, 2.75) is 20.4 Å². The molecule has 3 aromatic rings. The van der Waals surface area contributed by atoms with Crippen molar-refractivity contribution in [2.75, 3.05) is 0 Å². The first kappa shape index (κ1) is 15.7. The molecule has 1 N–H and O–H groups in total. The molecule has 0 fully saturated rings. The Labute approximate surface area is 138 Å². The highest BCUT2D eigenvalue weighted by Gasteiger charge is 2.15. The third-order valence-corrected chi connectivity index (χ3v) is 3.71. The second kappa shape index (κ2) is 6.16. The summed E-state index contributed by atoms with van der Waals surface area (Å²) < 4.78 is 7.34. The molecule has 2 heterocycles. The number of pyridine rings is 2. The molecule has 1 aromatic carbocycles. The maximum absolute atomic E-state index is 12.3. The molecule has 0 aliphatic rings. The predicted octanol–water partition coefficient (Wildman–Crippen LogP) is 3.22. The fourth-order valence-electron chi connectivity index (χ4n) is 2.43. The minimum Gasteiger partial charge on any atom is -0.477 e. The highest BCUT2D eigenvalue weighted by atomic mass is 16.5. The van der Waals surface area contributed by atoms with Gasteiger partial charge in [-0.3, -0.25) is 4.79 Å². The standard InChI is InChI=1S/C18H16N2O4/c1-3-20-10-14(18(22)23)16(21)13-8-9-15(19-17(13)20)24-12-6-4-11(2)5-7-12/h4-10H,3H2,1-2H3,(H,22,23). The number of carboxylic acids is 1. The molecule has 24 heavy (non-hydrogen) atoms. The molecule has 0 aliphatic heterocycles. The molecular formula is C18H16N2O4. The van der Waals surface area contributed by atoms with Gasteiger partial charge in [-0.05, 0) is 32.0 Å². The molecule has 2 aromatic heterocycles. The van der Waals surface area contributed by atoms with Crippen LogP contribution in [-0.2, 0) is 6.54 Å². The summed E-state index contributed by atoms with van der Waals surface area (Å²) in [6.07, 6.45) is 1.32. The summed E-state index contributed by atoms with van der Waals surface area (Å²) in [5.41, 5.74) is 0.710. The fraction of sp³-hybridized carbons (Fsp3) is 0.167. The lowest BCUT2D eigenvalue weighted by Crippen LogP contribution is -2.19. The van der Waals surface area contributed by atoms with Crippen LogP contribution in [0.2, 0.25) is 0 Å². The van der Waals surface area contributed by atoms with E-state index in [9.17, 15) is 9.59 Å². The number of aromatic carboxylic acids is 1. The Kier molecular flexibility index (Phi) is 4.04. The number of fused-ring (bicyclic) bond motifs is 1.